The number of amides is 1. The molecule has 1 amide bonds. The molecule has 2 heterocycles. The fourth-order valence-electron chi connectivity index (χ4n) is 4.39. The number of anilines is 1. The summed E-state index contributed by atoms with van der Waals surface area (Å²) in [5, 5.41) is 12.5. The Morgan fingerprint density at radius 2 is 1.79 bits per heavy atom. The van der Waals surface area contributed by atoms with Crippen LogP contribution in [0.4, 0.5) is 5.69 Å². The quantitative estimate of drug-likeness (QED) is 0.295. The Bertz CT molecular complexity index is 1550. The minimum absolute atomic E-state index is 0.0811. The second-order valence-corrected chi connectivity index (χ2v) is 8.41. The fourth-order valence-corrected chi connectivity index (χ4v) is 4.62. The molecule has 7 nitrogen and oxygen atoms in total. The number of aromatic amines is 1. The molecule has 5 aromatic rings. The van der Waals surface area contributed by atoms with Gasteiger partial charge in [0.2, 0.25) is 5.91 Å². The van der Waals surface area contributed by atoms with Crippen LogP contribution in [0.5, 0.6) is 5.75 Å². The predicted octanol–water partition coefficient (Wildman–Crippen LogP) is 5.77. The van der Waals surface area contributed by atoms with Crippen LogP contribution >= 0.6 is 12.2 Å². The summed E-state index contributed by atoms with van der Waals surface area (Å²) in [6.45, 7) is 3.44. The average Bonchev–Trinajstić information content (AvgIpc) is 3.39. The van der Waals surface area contributed by atoms with Gasteiger partial charge in [-0.15, -0.1) is 0 Å². The predicted molar refractivity (Wildman–Crippen MR) is 138 cm³/mol. The van der Waals surface area contributed by atoms with E-state index in [0.717, 1.165) is 34.4 Å². The first-order chi connectivity index (χ1) is 16.6. The van der Waals surface area contributed by atoms with Crippen LogP contribution in [0.1, 0.15) is 13.3 Å². The van der Waals surface area contributed by atoms with Gasteiger partial charge in [0.1, 0.15) is 5.75 Å². The number of aryl methyl sites for hydroxylation is 1. The number of aromatic nitrogens is 4. The van der Waals surface area contributed by atoms with E-state index in [4.69, 9.17) is 17.0 Å². The van der Waals surface area contributed by atoms with Crippen LogP contribution < -0.4 is 10.1 Å². The maximum Gasteiger partial charge on any atom is 0.226 e. The number of hydrogen-bond acceptors (Lipinski definition) is 4. The van der Waals surface area contributed by atoms with Gasteiger partial charge in [0.25, 0.3) is 0 Å². The Hall–Kier alpha value is -3.91. The lowest BCUT2D eigenvalue weighted by Crippen LogP contribution is -2.15. The minimum atomic E-state index is -0.0811. The normalized spacial score (nSPS) is 11.2. The van der Waals surface area contributed by atoms with Crippen molar-refractivity contribution in [1.82, 2.24) is 19.3 Å². The summed E-state index contributed by atoms with van der Waals surface area (Å²) in [7, 11) is 1.63. The Morgan fingerprint density at radius 3 is 2.56 bits per heavy atom. The third-order valence-electron chi connectivity index (χ3n) is 6.04. The number of hydrogen-bond donors (Lipinski definition) is 2. The van der Waals surface area contributed by atoms with E-state index >= 15 is 0 Å². The number of carbonyl (C=O) groups is 1. The first-order valence-corrected chi connectivity index (χ1v) is 11.6. The van der Waals surface area contributed by atoms with Gasteiger partial charge in [-0.1, -0.05) is 18.2 Å². The molecule has 3 aromatic carbocycles. The van der Waals surface area contributed by atoms with E-state index in [1.165, 1.54) is 10.9 Å². The number of ether oxygens (including phenoxy) is 1. The number of benzene rings is 3. The van der Waals surface area contributed by atoms with Crippen LogP contribution in [0.2, 0.25) is 0 Å². The molecular weight excluding hydrogens is 446 g/mol. The molecule has 8 heteroatoms. The molecule has 0 bridgehead atoms. The van der Waals surface area contributed by atoms with Crippen molar-refractivity contribution < 1.29 is 9.53 Å². The second kappa shape index (κ2) is 9.15. The second-order valence-electron chi connectivity index (χ2n) is 8.02. The first-order valence-electron chi connectivity index (χ1n) is 11.2. The van der Waals surface area contributed by atoms with E-state index < -0.39 is 0 Å². The first kappa shape index (κ1) is 21.9. The maximum atomic E-state index is 12.8. The van der Waals surface area contributed by atoms with Gasteiger partial charge in [0.15, 0.2) is 10.6 Å². The Labute approximate surface area is 202 Å². The summed E-state index contributed by atoms with van der Waals surface area (Å²) in [6.07, 6.45) is 0.270. The molecule has 0 fully saturated rings. The molecule has 34 heavy (non-hydrogen) atoms. The highest BCUT2D eigenvalue weighted by Crippen LogP contribution is 2.31. The molecule has 0 unspecified atom stereocenters. The van der Waals surface area contributed by atoms with Crippen LogP contribution in [0, 0.1) is 4.77 Å². The lowest BCUT2D eigenvalue weighted by molar-refractivity contribution is -0.116. The summed E-state index contributed by atoms with van der Waals surface area (Å²) < 4.78 is 9.83. The van der Waals surface area contributed by atoms with Crippen molar-refractivity contribution in [1.29, 1.82) is 0 Å². The maximum absolute atomic E-state index is 12.8. The van der Waals surface area contributed by atoms with Crippen molar-refractivity contribution in [2.75, 3.05) is 12.4 Å². The van der Waals surface area contributed by atoms with Gasteiger partial charge in [0.05, 0.1) is 7.11 Å². The molecule has 0 atom stereocenters. The third kappa shape index (κ3) is 3.97. The molecule has 0 aliphatic carbocycles. The van der Waals surface area contributed by atoms with Gasteiger partial charge in [-0.3, -0.25) is 14.5 Å². The lowest BCUT2D eigenvalue weighted by Gasteiger charge is -2.09. The summed E-state index contributed by atoms with van der Waals surface area (Å²) in [6, 6.07) is 22.0. The number of carbonyl (C=O) groups excluding carboxylic acids is 1. The van der Waals surface area contributed by atoms with E-state index in [9.17, 15) is 4.79 Å². The topological polar surface area (TPSA) is 76.9 Å². The molecule has 0 saturated heterocycles. The summed E-state index contributed by atoms with van der Waals surface area (Å²) in [5.41, 5.74) is 4.04. The zero-order chi connectivity index (χ0) is 23.7. The molecule has 0 radical (unpaired) electrons. The van der Waals surface area contributed by atoms with Crippen molar-refractivity contribution in [3.63, 3.8) is 0 Å². The standard InChI is InChI=1S/C26H25N5O2S/c1-3-30-22-7-5-4-6-20(22)21-16-18(10-13-23(21)30)27-24(32)14-15-31-25(28-29-26(31)34)17-8-11-19(33-2)12-9-17/h4-13,16H,3,14-15H2,1-2H3,(H,27,32)(H,29,34). The van der Waals surface area contributed by atoms with Crippen molar-refractivity contribution in [2.24, 2.45) is 0 Å². The zero-order valence-electron chi connectivity index (χ0n) is 19.0. The smallest absolute Gasteiger partial charge is 0.226 e. The monoisotopic (exact) mass is 471 g/mol. The van der Waals surface area contributed by atoms with Gasteiger partial charge in [-0.2, -0.15) is 5.10 Å². The number of para-hydroxylation sites is 1. The Kier molecular flexibility index (Phi) is 5.90. The SMILES string of the molecule is CCn1c2ccccc2c2cc(NC(=O)CCn3c(-c4ccc(OC)cc4)n[nH]c3=S)ccc21. The Morgan fingerprint density at radius 1 is 1.03 bits per heavy atom. The van der Waals surface area contributed by atoms with E-state index in [2.05, 4.69) is 51.3 Å². The van der Waals surface area contributed by atoms with E-state index in [0.29, 0.717) is 17.1 Å². The van der Waals surface area contributed by atoms with Gasteiger partial charge >= 0.3 is 0 Å². The molecule has 0 spiro atoms. The lowest BCUT2D eigenvalue weighted by atomic mass is 10.1. The van der Waals surface area contributed by atoms with Gasteiger partial charge in [0, 0.05) is 52.6 Å². The fraction of sp³-hybridized carbons (Fsp3) is 0.192. The van der Waals surface area contributed by atoms with Crippen molar-refractivity contribution in [3.05, 3.63) is 71.5 Å². The van der Waals surface area contributed by atoms with E-state index in [1.807, 2.05) is 47.0 Å². The molecule has 0 aliphatic heterocycles. The van der Waals surface area contributed by atoms with Gasteiger partial charge < -0.3 is 14.6 Å². The molecular formula is C26H25N5O2S. The van der Waals surface area contributed by atoms with Crippen molar-refractivity contribution >= 4 is 45.6 Å². The largest absolute Gasteiger partial charge is 0.497 e. The number of nitrogens with one attached hydrogen (secondary N) is 2. The average molecular weight is 472 g/mol. The Balaban J connectivity index is 1.34. The highest BCUT2D eigenvalue weighted by atomic mass is 32.1. The number of rotatable bonds is 7. The highest BCUT2D eigenvalue weighted by molar-refractivity contribution is 7.71. The van der Waals surface area contributed by atoms with Crippen LogP contribution in [-0.2, 0) is 17.9 Å². The molecule has 172 valence electrons. The van der Waals surface area contributed by atoms with Crippen LogP contribution in [-0.4, -0.2) is 32.3 Å². The number of fused-ring (bicyclic) bond motifs is 3. The molecule has 0 aliphatic rings. The van der Waals surface area contributed by atoms with Crippen LogP contribution in [0.15, 0.2) is 66.7 Å². The van der Waals surface area contributed by atoms with E-state index in [-0.39, 0.29) is 12.3 Å². The summed E-state index contributed by atoms with van der Waals surface area (Å²) in [4.78, 5) is 12.8. The van der Waals surface area contributed by atoms with Crippen LogP contribution in [0.3, 0.4) is 0 Å². The van der Waals surface area contributed by atoms with Gasteiger partial charge in [-0.25, -0.2) is 0 Å². The summed E-state index contributed by atoms with van der Waals surface area (Å²) in [5.74, 6) is 1.37. The van der Waals surface area contributed by atoms with Crippen LogP contribution in [0.25, 0.3) is 33.2 Å². The minimum Gasteiger partial charge on any atom is -0.497 e. The number of nitrogens with zero attached hydrogens (tertiary/aromatic N) is 3. The molecule has 2 N–H and O–H groups in total. The third-order valence-corrected chi connectivity index (χ3v) is 6.35. The molecule has 0 saturated carbocycles. The van der Waals surface area contributed by atoms with Crippen molar-refractivity contribution in [3.8, 4) is 17.1 Å². The molecule has 2 aromatic heterocycles. The zero-order valence-corrected chi connectivity index (χ0v) is 19.9. The summed E-state index contributed by atoms with van der Waals surface area (Å²) >= 11 is 5.40. The van der Waals surface area contributed by atoms with E-state index in [1.54, 1.807) is 7.11 Å². The van der Waals surface area contributed by atoms with Crippen molar-refractivity contribution in [2.45, 2.75) is 26.4 Å². The number of methoxy groups -OCH3 is 1. The number of H-pyrrole nitrogens is 1. The van der Waals surface area contributed by atoms with Gasteiger partial charge in [-0.05, 0) is 67.7 Å². The highest BCUT2D eigenvalue weighted by Gasteiger charge is 2.13. The molecule has 5 rings (SSSR count).